The molecule has 0 saturated heterocycles. The number of nitrogens with one attached hydrogen (secondary N) is 2. The molecule has 0 bridgehead atoms. The van der Waals surface area contributed by atoms with Gasteiger partial charge < -0.3 is 5.32 Å². The van der Waals surface area contributed by atoms with Crippen molar-refractivity contribution in [2.24, 2.45) is 0 Å². The van der Waals surface area contributed by atoms with Crippen LogP contribution in [0.2, 0.25) is 0 Å². The summed E-state index contributed by atoms with van der Waals surface area (Å²) < 4.78 is 13.9. The van der Waals surface area contributed by atoms with Crippen molar-refractivity contribution in [3.05, 3.63) is 46.3 Å². The molecular weight excluding hydrogens is 301 g/mol. The second-order valence-electron chi connectivity index (χ2n) is 5.19. The van der Waals surface area contributed by atoms with Gasteiger partial charge in [-0.15, -0.1) is 0 Å². The fraction of sp³-hybridized carbons (Fsp3) is 0.267. The molecule has 22 heavy (non-hydrogen) atoms. The number of aromatic nitrogens is 4. The lowest BCUT2D eigenvalue weighted by Gasteiger charge is -2.13. The molecule has 0 radical (unpaired) electrons. The zero-order valence-electron chi connectivity index (χ0n) is 12.3. The molecule has 0 aliphatic heterocycles. The van der Waals surface area contributed by atoms with Gasteiger partial charge in [-0.25, -0.2) is 14.4 Å². The fourth-order valence-electron chi connectivity index (χ4n) is 2.20. The highest BCUT2D eigenvalue weighted by molar-refractivity contribution is 7.08. The van der Waals surface area contributed by atoms with E-state index in [1.54, 1.807) is 0 Å². The summed E-state index contributed by atoms with van der Waals surface area (Å²) in [5.41, 5.74) is 3.09. The van der Waals surface area contributed by atoms with Crippen LogP contribution in [0, 0.1) is 12.7 Å². The molecule has 5 nitrogen and oxygen atoms in total. The number of H-pyrrole nitrogens is 1. The molecule has 0 amide bonds. The Hall–Kier alpha value is -2.28. The van der Waals surface area contributed by atoms with Crippen molar-refractivity contribution in [2.45, 2.75) is 26.3 Å². The monoisotopic (exact) mass is 317 g/mol. The minimum absolute atomic E-state index is 0.0866. The van der Waals surface area contributed by atoms with Gasteiger partial charge in [0.2, 0.25) is 5.95 Å². The maximum absolute atomic E-state index is 13.9. The third kappa shape index (κ3) is 3.30. The van der Waals surface area contributed by atoms with Crippen molar-refractivity contribution >= 4 is 17.3 Å². The number of halogens is 1. The van der Waals surface area contributed by atoms with Crippen LogP contribution in [0.1, 0.15) is 18.3 Å². The Morgan fingerprint density at radius 3 is 3.00 bits per heavy atom. The molecule has 1 atom stereocenters. The third-order valence-corrected chi connectivity index (χ3v) is 3.87. The first-order valence-electron chi connectivity index (χ1n) is 6.94. The summed E-state index contributed by atoms with van der Waals surface area (Å²) in [5.74, 6) is 0.00175. The lowest BCUT2D eigenvalue weighted by molar-refractivity contribution is 0.617. The number of anilines is 1. The summed E-state index contributed by atoms with van der Waals surface area (Å²) >= 11 is 1.51. The first-order valence-corrected chi connectivity index (χ1v) is 7.88. The van der Waals surface area contributed by atoms with Crippen LogP contribution in [0.15, 0.2) is 29.1 Å². The van der Waals surface area contributed by atoms with Gasteiger partial charge in [-0.1, -0.05) is 0 Å². The summed E-state index contributed by atoms with van der Waals surface area (Å²) in [4.78, 5) is 8.30. The lowest BCUT2D eigenvalue weighted by Crippen LogP contribution is -2.20. The smallest absolute Gasteiger partial charge is 0.223 e. The molecule has 0 fully saturated rings. The molecule has 3 heterocycles. The molecule has 7 heteroatoms. The van der Waals surface area contributed by atoms with Crippen LogP contribution >= 0.6 is 11.3 Å². The van der Waals surface area contributed by atoms with Crippen molar-refractivity contribution in [1.82, 2.24) is 20.2 Å². The Morgan fingerprint density at radius 2 is 2.32 bits per heavy atom. The number of hydrogen-bond acceptors (Lipinski definition) is 5. The quantitative estimate of drug-likeness (QED) is 0.757. The van der Waals surface area contributed by atoms with Crippen molar-refractivity contribution < 1.29 is 4.39 Å². The first kappa shape index (κ1) is 14.6. The van der Waals surface area contributed by atoms with E-state index in [1.807, 2.05) is 36.7 Å². The molecule has 114 valence electrons. The molecule has 3 aromatic rings. The molecule has 3 aromatic heterocycles. The van der Waals surface area contributed by atoms with Crippen LogP contribution in [-0.2, 0) is 6.42 Å². The van der Waals surface area contributed by atoms with Gasteiger partial charge in [0.15, 0.2) is 5.82 Å². The van der Waals surface area contributed by atoms with Gasteiger partial charge in [-0.05, 0) is 31.4 Å². The number of rotatable bonds is 5. The highest BCUT2D eigenvalue weighted by atomic mass is 32.1. The average Bonchev–Trinajstić information content (AvgIpc) is 3.13. The maximum Gasteiger partial charge on any atom is 0.223 e. The number of nitrogens with zero attached hydrogens (tertiary/aromatic N) is 3. The summed E-state index contributed by atoms with van der Waals surface area (Å²) in [6.07, 6.45) is 1.94. The van der Waals surface area contributed by atoms with E-state index in [-0.39, 0.29) is 6.04 Å². The Kier molecular flexibility index (Phi) is 4.15. The highest BCUT2D eigenvalue weighted by Crippen LogP contribution is 2.23. The van der Waals surface area contributed by atoms with Crippen molar-refractivity contribution in [3.63, 3.8) is 0 Å². The minimum Gasteiger partial charge on any atom is -0.351 e. The second kappa shape index (κ2) is 6.23. The van der Waals surface area contributed by atoms with Crippen molar-refractivity contribution in [3.8, 4) is 11.3 Å². The van der Waals surface area contributed by atoms with Gasteiger partial charge in [0.05, 0.1) is 11.9 Å². The topological polar surface area (TPSA) is 66.5 Å². The standard InChI is InChI=1S/C15H16FN5S/c1-9(5-12-6-10(2)20-21-12)18-15-17-7-13(16)14(19-15)11-3-4-22-8-11/h3-4,6-9H,5H2,1-2H3,(H,20,21)(H,17,18,19). The fourth-order valence-corrected chi connectivity index (χ4v) is 2.84. The first-order chi connectivity index (χ1) is 10.6. The van der Waals surface area contributed by atoms with E-state index in [0.717, 1.165) is 23.4 Å². The molecule has 3 rings (SSSR count). The molecule has 0 spiro atoms. The number of thiophene rings is 1. The maximum atomic E-state index is 13.9. The van der Waals surface area contributed by atoms with E-state index in [9.17, 15) is 4.39 Å². The van der Waals surface area contributed by atoms with Gasteiger partial charge in [0, 0.05) is 29.1 Å². The van der Waals surface area contributed by atoms with Crippen LogP contribution in [0.3, 0.4) is 0 Å². The van der Waals surface area contributed by atoms with Gasteiger partial charge >= 0.3 is 0 Å². The molecule has 0 aromatic carbocycles. The third-order valence-electron chi connectivity index (χ3n) is 3.19. The minimum atomic E-state index is -0.417. The predicted octanol–water partition coefficient (Wildman–Crippen LogP) is 3.42. The predicted molar refractivity (Wildman–Crippen MR) is 85.4 cm³/mol. The number of hydrogen-bond donors (Lipinski definition) is 2. The molecule has 0 aliphatic rings. The molecule has 0 aliphatic carbocycles. The summed E-state index contributed by atoms with van der Waals surface area (Å²) in [5, 5.41) is 14.1. The van der Waals surface area contributed by atoms with E-state index in [4.69, 9.17) is 0 Å². The van der Waals surface area contributed by atoms with Crippen LogP contribution < -0.4 is 5.32 Å². The molecule has 2 N–H and O–H groups in total. The van der Waals surface area contributed by atoms with Crippen LogP contribution in [-0.4, -0.2) is 26.2 Å². The van der Waals surface area contributed by atoms with Crippen molar-refractivity contribution in [1.29, 1.82) is 0 Å². The van der Waals surface area contributed by atoms with Gasteiger partial charge in [0.1, 0.15) is 5.69 Å². The van der Waals surface area contributed by atoms with Crippen molar-refractivity contribution in [2.75, 3.05) is 5.32 Å². The zero-order valence-corrected chi connectivity index (χ0v) is 13.1. The van der Waals surface area contributed by atoms with Gasteiger partial charge in [-0.2, -0.15) is 16.4 Å². The zero-order chi connectivity index (χ0) is 15.5. The molecule has 0 saturated carbocycles. The largest absolute Gasteiger partial charge is 0.351 e. The van der Waals surface area contributed by atoms with Crippen LogP contribution in [0.5, 0.6) is 0 Å². The Bertz CT molecular complexity index is 753. The van der Waals surface area contributed by atoms with Gasteiger partial charge in [0.25, 0.3) is 0 Å². The molecular formula is C15H16FN5S. The SMILES string of the molecule is Cc1cc(CC(C)Nc2ncc(F)c(-c3ccsc3)n2)n[nH]1. The summed E-state index contributed by atoms with van der Waals surface area (Å²) in [7, 11) is 0. The summed E-state index contributed by atoms with van der Waals surface area (Å²) in [6.45, 7) is 3.98. The van der Waals surface area contributed by atoms with Crippen LogP contribution in [0.4, 0.5) is 10.3 Å². The van der Waals surface area contributed by atoms with E-state index in [1.165, 1.54) is 17.5 Å². The van der Waals surface area contributed by atoms with E-state index < -0.39 is 5.82 Å². The van der Waals surface area contributed by atoms with E-state index in [0.29, 0.717) is 11.6 Å². The normalized spacial score (nSPS) is 12.3. The van der Waals surface area contributed by atoms with E-state index in [2.05, 4.69) is 25.5 Å². The van der Waals surface area contributed by atoms with E-state index >= 15 is 0 Å². The number of aromatic amines is 1. The Morgan fingerprint density at radius 1 is 1.45 bits per heavy atom. The Balaban J connectivity index is 1.73. The summed E-state index contributed by atoms with van der Waals surface area (Å²) in [6, 6.07) is 3.93. The van der Waals surface area contributed by atoms with Gasteiger partial charge in [-0.3, -0.25) is 5.10 Å². The Labute approximate surface area is 131 Å². The number of aryl methyl sites for hydroxylation is 1. The molecule has 1 unspecified atom stereocenters. The van der Waals surface area contributed by atoms with Crippen LogP contribution in [0.25, 0.3) is 11.3 Å². The average molecular weight is 317 g/mol. The lowest BCUT2D eigenvalue weighted by atomic mass is 10.2. The second-order valence-corrected chi connectivity index (χ2v) is 5.97. The highest BCUT2D eigenvalue weighted by Gasteiger charge is 2.12.